The number of rotatable bonds is 11. The Morgan fingerprint density at radius 3 is 2.62 bits per heavy atom. The molecule has 0 radical (unpaired) electrons. The summed E-state index contributed by atoms with van der Waals surface area (Å²) in [4.78, 5) is 14.2. The summed E-state index contributed by atoms with van der Waals surface area (Å²) >= 11 is 1.19. The zero-order valence-electron chi connectivity index (χ0n) is 21.8. The van der Waals surface area contributed by atoms with Crippen LogP contribution >= 0.6 is 11.3 Å². The van der Waals surface area contributed by atoms with Gasteiger partial charge in [-0.1, -0.05) is 24.0 Å². The first-order valence-corrected chi connectivity index (χ1v) is 12.9. The third-order valence-electron chi connectivity index (χ3n) is 5.53. The smallest absolute Gasteiger partial charge is 0.393 e. The third kappa shape index (κ3) is 8.23. The van der Waals surface area contributed by atoms with Crippen LogP contribution < -0.4 is 20.7 Å². The van der Waals surface area contributed by atoms with Crippen LogP contribution in [0.15, 0.2) is 30.3 Å². The van der Waals surface area contributed by atoms with E-state index >= 15 is 0 Å². The second kappa shape index (κ2) is 13.5. The van der Waals surface area contributed by atoms with Crippen LogP contribution in [0.4, 0.5) is 28.9 Å². The van der Waals surface area contributed by atoms with Gasteiger partial charge >= 0.3 is 6.18 Å². The molecule has 0 fully saturated rings. The fourth-order valence-corrected chi connectivity index (χ4v) is 4.92. The van der Waals surface area contributed by atoms with Crippen LogP contribution in [0.5, 0.6) is 5.75 Å². The Hall–Kier alpha value is -3.53. The average molecular weight is 567 g/mol. The van der Waals surface area contributed by atoms with Gasteiger partial charge in [0, 0.05) is 26.2 Å². The van der Waals surface area contributed by atoms with Crippen LogP contribution in [0.2, 0.25) is 0 Å². The van der Waals surface area contributed by atoms with E-state index in [1.54, 1.807) is 12.1 Å². The number of hydrogen-bond donors (Lipinski definition) is 4. The van der Waals surface area contributed by atoms with Gasteiger partial charge in [-0.25, -0.2) is 4.39 Å². The summed E-state index contributed by atoms with van der Waals surface area (Å²) in [5.74, 6) is 4.34. The van der Waals surface area contributed by atoms with Gasteiger partial charge in [0.1, 0.15) is 18.2 Å². The molecule has 2 aromatic carbocycles. The maximum atomic E-state index is 14.5. The molecule has 210 valence electrons. The number of anilines is 2. The van der Waals surface area contributed by atoms with E-state index in [-0.39, 0.29) is 42.3 Å². The molecule has 1 amide bonds. The van der Waals surface area contributed by atoms with Crippen molar-refractivity contribution in [3.8, 4) is 17.6 Å². The number of alkyl halides is 3. The molecule has 1 aromatic heterocycles. The zero-order chi connectivity index (χ0) is 28.6. The molecule has 0 bridgehead atoms. The molecule has 0 atom stereocenters. The number of likely N-dealkylation sites (N-methyl/N-ethyl adjacent to an activating group) is 1. The van der Waals surface area contributed by atoms with Crippen LogP contribution in [0.25, 0.3) is 10.1 Å². The molecular formula is C27H30F4N4O3S. The van der Waals surface area contributed by atoms with Crippen molar-refractivity contribution in [1.82, 2.24) is 10.2 Å². The van der Waals surface area contributed by atoms with Crippen molar-refractivity contribution in [2.75, 3.05) is 64.6 Å². The van der Waals surface area contributed by atoms with Crippen molar-refractivity contribution in [2.45, 2.75) is 12.6 Å². The maximum absolute atomic E-state index is 14.5. The predicted molar refractivity (Wildman–Crippen MR) is 146 cm³/mol. The van der Waals surface area contributed by atoms with E-state index in [2.05, 4.69) is 27.8 Å². The number of amides is 1. The van der Waals surface area contributed by atoms with Crippen molar-refractivity contribution in [3.63, 3.8) is 0 Å². The molecular weight excluding hydrogens is 536 g/mol. The Morgan fingerprint density at radius 2 is 1.95 bits per heavy atom. The predicted octanol–water partition coefficient (Wildman–Crippen LogP) is 4.31. The highest BCUT2D eigenvalue weighted by molar-refractivity contribution is 7.20. The first-order valence-electron chi connectivity index (χ1n) is 12.1. The molecule has 7 nitrogen and oxygen atoms in total. The first-order chi connectivity index (χ1) is 18.5. The number of halogens is 4. The number of aliphatic hydroxyl groups excluding tert-OH is 1. The van der Waals surface area contributed by atoms with Crippen LogP contribution in [0, 0.1) is 17.7 Å². The molecule has 1 heterocycles. The fourth-order valence-electron chi connectivity index (χ4n) is 3.74. The largest absolute Gasteiger partial charge is 0.489 e. The molecule has 0 spiro atoms. The van der Waals surface area contributed by atoms with Crippen molar-refractivity contribution in [2.24, 2.45) is 0 Å². The van der Waals surface area contributed by atoms with Gasteiger partial charge < -0.3 is 30.7 Å². The van der Waals surface area contributed by atoms with Crippen LogP contribution in [0.3, 0.4) is 0 Å². The number of fused-ring (bicyclic) bond motifs is 1. The van der Waals surface area contributed by atoms with E-state index in [9.17, 15) is 22.4 Å². The average Bonchev–Trinajstić information content (AvgIpc) is 3.21. The van der Waals surface area contributed by atoms with E-state index in [0.29, 0.717) is 21.5 Å². The van der Waals surface area contributed by atoms with Gasteiger partial charge in [0.05, 0.1) is 46.1 Å². The van der Waals surface area contributed by atoms with Gasteiger partial charge in [0.15, 0.2) is 0 Å². The molecule has 0 unspecified atom stereocenters. The van der Waals surface area contributed by atoms with E-state index in [0.717, 1.165) is 18.3 Å². The molecule has 39 heavy (non-hydrogen) atoms. The van der Waals surface area contributed by atoms with Crippen LogP contribution in [0.1, 0.15) is 20.8 Å². The molecule has 0 saturated carbocycles. The van der Waals surface area contributed by atoms with Gasteiger partial charge in [-0.3, -0.25) is 4.79 Å². The summed E-state index contributed by atoms with van der Waals surface area (Å²) in [5.41, 5.74) is 0.798. The second-order valence-corrected chi connectivity index (χ2v) is 9.77. The number of thiophene rings is 1. The second-order valence-electron chi connectivity index (χ2n) is 8.75. The monoisotopic (exact) mass is 566 g/mol. The Labute approximate surface area is 228 Å². The number of ether oxygens (including phenoxy) is 1. The van der Waals surface area contributed by atoms with Crippen LogP contribution in [-0.4, -0.2) is 76.1 Å². The summed E-state index contributed by atoms with van der Waals surface area (Å²) < 4.78 is 61.0. The Bertz CT molecular complexity index is 1360. The van der Waals surface area contributed by atoms with E-state index in [1.807, 2.05) is 25.1 Å². The molecule has 0 aliphatic heterocycles. The van der Waals surface area contributed by atoms with Crippen molar-refractivity contribution < 1.29 is 32.2 Å². The summed E-state index contributed by atoms with van der Waals surface area (Å²) in [6.07, 6.45) is -5.53. The number of aliphatic hydroxyl groups is 1. The van der Waals surface area contributed by atoms with Gasteiger partial charge in [-0.05, 0) is 37.2 Å². The molecule has 0 saturated heterocycles. The van der Waals surface area contributed by atoms with Crippen molar-refractivity contribution >= 4 is 38.7 Å². The minimum absolute atomic E-state index is 0.0398. The summed E-state index contributed by atoms with van der Waals surface area (Å²) in [5, 5.41) is 18.1. The Kier molecular flexibility index (Phi) is 10.4. The summed E-state index contributed by atoms with van der Waals surface area (Å²) in [6.45, 7) is 0.949. The molecule has 12 heteroatoms. The molecule has 3 rings (SSSR count). The van der Waals surface area contributed by atoms with Gasteiger partial charge in [-0.15, -0.1) is 11.3 Å². The standard InChI is InChI=1S/C27H30F4N4O3S/c1-32-26(37)18-14-23(38-13-12-36)22(15-20(18)28)33-9-5-8-24-19(16-27(29,30)31)17-6-4-7-21(25(17)39-24)34-10-11-35(2)3/h4,6-7,14-15,33-34,36H,9-13,16H2,1-3H3,(H,32,37). The van der Waals surface area contributed by atoms with Crippen molar-refractivity contribution in [1.29, 1.82) is 0 Å². The number of nitrogens with zero attached hydrogens (tertiary/aromatic N) is 1. The third-order valence-corrected chi connectivity index (χ3v) is 6.73. The maximum Gasteiger partial charge on any atom is 0.393 e. The number of nitrogens with one attached hydrogen (secondary N) is 3. The molecule has 0 aliphatic carbocycles. The summed E-state index contributed by atoms with van der Waals surface area (Å²) in [7, 11) is 5.23. The SMILES string of the molecule is CNC(=O)c1cc(OCCO)c(NCC#Cc2sc3c(NCCN(C)C)cccc3c2CC(F)(F)F)cc1F. The number of benzene rings is 2. The molecule has 0 aliphatic rings. The normalized spacial score (nSPS) is 11.3. The lowest BCUT2D eigenvalue weighted by Crippen LogP contribution is -2.20. The van der Waals surface area contributed by atoms with Gasteiger partial charge in [0.25, 0.3) is 5.91 Å². The lowest BCUT2D eigenvalue weighted by atomic mass is 10.1. The minimum Gasteiger partial charge on any atom is -0.489 e. The first kappa shape index (κ1) is 30.0. The highest BCUT2D eigenvalue weighted by Crippen LogP contribution is 2.39. The lowest BCUT2D eigenvalue weighted by Gasteiger charge is -2.13. The van der Waals surface area contributed by atoms with Gasteiger partial charge in [0.2, 0.25) is 0 Å². The quantitative estimate of drug-likeness (QED) is 0.205. The van der Waals surface area contributed by atoms with Gasteiger partial charge in [-0.2, -0.15) is 13.2 Å². The Balaban J connectivity index is 1.89. The van der Waals surface area contributed by atoms with Crippen LogP contribution in [-0.2, 0) is 6.42 Å². The van der Waals surface area contributed by atoms with E-state index in [4.69, 9.17) is 9.84 Å². The lowest BCUT2D eigenvalue weighted by molar-refractivity contribution is -0.126. The van der Waals surface area contributed by atoms with E-state index < -0.39 is 24.3 Å². The number of hydrogen-bond acceptors (Lipinski definition) is 7. The highest BCUT2D eigenvalue weighted by Gasteiger charge is 2.31. The minimum atomic E-state index is -4.42. The molecule has 3 aromatic rings. The topological polar surface area (TPSA) is 85.9 Å². The van der Waals surface area contributed by atoms with E-state index in [1.165, 1.54) is 24.5 Å². The zero-order valence-corrected chi connectivity index (χ0v) is 22.6. The number of carbonyl (C=O) groups is 1. The molecule has 4 N–H and O–H groups in total. The number of carbonyl (C=O) groups excluding carboxylic acids is 1. The fraction of sp³-hybridized carbons (Fsp3) is 0.370. The Morgan fingerprint density at radius 1 is 1.18 bits per heavy atom. The highest BCUT2D eigenvalue weighted by atomic mass is 32.1. The summed E-state index contributed by atoms with van der Waals surface area (Å²) in [6, 6.07) is 7.48. The van der Waals surface area contributed by atoms with Crippen molar-refractivity contribution in [3.05, 3.63) is 52.2 Å².